The first kappa shape index (κ1) is 13.3. The van der Waals surface area contributed by atoms with Gasteiger partial charge in [-0.05, 0) is 36.4 Å². The first-order chi connectivity index (χ1) is 9.01. The molecule has 2 rings (SSSR count). The molecule has 1 aromatic heterocycles. The molecule has 0 radical (unpaired) electrons. The maximum absolute atomic E-state index is 12.0. The van der Waals surface area contributed by atoms with Gasteiger partial charge in [-0.15, -0.1) is 10.2 Å². The van der Waals surface area contributed by atoms with E-state index in [2.05, 4.69) is 14.9 Å². The normalized spacial score (nSPS) is 10.7. The van der Waals surface area contributed by atoms with Crippen molar-refractivity contribution in [2.45, 2.75) is 4.90 Å². The van der Waals surface area contributed by atoms with E-state index in [1.54, 1.807) is 0 Å². The summed E-state index contributed by atoms with van der Waals surface area (Å²) >= 11 is 5.55. The number of rotatable bonds is 3. The molecule has 0 aliphatic rings. The Morgan fingerprint density at radius 1 is 1.11 bits per heavy atom. The van der Waals surface area contributed by atoms with Crippen LogP contribution in [0.4, 0.5) is 5.82 Å². The van der Waals surface area contributed by atoms with Crippen molar-refractivity contribution in [3.8, 4) is 6.07 Å². The van der Waals surface area contributed by atoms with E-state index in [9.17, 15) is 8.42 Å². The van der Waals surface area contributed by atoms with Crippen molar-refractivity contribution in [1.29, 1.82) is 5.26 Å². The number of anilines is 1. The van der Waals surface area contributed by atoms with Gasteiger partial charge in [0.2, 0.25) is 0 Å². The van der Waals surface area contributed by atoms with E-state index in [1.807, 2.05) is 6.07 Å². The summed E-state index contributed by atoms with van der Waals surface area (Å²) < 4.78 is 26.2. The van der Waals surface area contributed by atoms with Gasteiger partial charge in [-0.3, -0.25) is 4.72 Å². The van der Waals surface area contributed by atoms with Gasteiger partial charge in [-0.1, -0.05) is 11.6 Å². The van der Waals surface area contributed by atoms with Crippen LogP contribution in [-0.4, -0.2) is 18.6 Å². The molecule has 0 unspecified atom stereocenters. The Hall–Kier alpha value is -2.17. The molecule has 0 aliphatic heterocycles. The van der Waals surface area contributed by atoms with Crippen LogP contribution in [0.25, 0.3) is 0 Å². The summed E-state index contributed by atoms with van der Waals surface area (Å²) in [4.78, 5) is 0.0308. The van der Waals surface area contributed by atoms with Crippen molar-refractivity contribution >= 4 is 27.4 Å². The van der Waals surface area contributed by atoms with Gasteiger partial charge < -0.3 is 0 Å². The lowest BCUT2D eigenvalue weighted by molar-refractivity contribution is 0.601. The summed E-state index contributed by atoms with van der Waals surface area (Å²) in [5.41, 5.74) is 0.380. The van der Waals surface area contributed by atoms with E-state index >= 15 is 0 Å². The molecule has 0 atom stereocenters. The number of nitrogens with zero attached hydrogens (tertiary/aromatic N) is 3. The summed E-state index contributed by atoms with van der Waals surface area (Å²) in [5, 5.41) is 15.9. The first-order valence-corrected chi connectivity index (χ1v) is 6.89. The van der Waals surface area contributed by atoms with Crippen molar-refractivity contribution in [1.82, 2.24) is 10.2 Å². The SMILES string of the molecule is N#Cc1ccc(S(=O)(=O)Nc2ccc(Cl)nn2)cc1. The molecule has 96 valence electrons. The molecule has 0 amide bonds. The minimum atomic E-state index is -3.76. The van der Waals surface area contributed by atoms with E-state index in [-0.39, 0.29) is 15.9 Å². The fourth-order valence-electron chi connectivity index (χ4n) is 1.28. The lowest BCUT2D eigenvalue weighted by atomic mass is 10.2. The lowest BCUT2D eigenvalue weighted by Crippen LogP contribution is -2.14. The summed E-state index contributed by atoms with van der Waals surface area (Å²) in [5.74, 6) is 0.0637. The Balaban J connectivity index is 2.27. The Morgan fingerprint density at radius 2 is 1.79 bits per heavy atom. The van der Waals surface area contributed by atoms with Crippen LogP contribution in [0.1, 0.15) is 5.56 Å². The molecule has 0 spiro atoms. The second kappa shape index (κ2) is 5.22. The standard InChI is InChI=1S/C11H7ClN4O2S/c12-10-5-6-11(15-14-10)16-19(17,18)9-3-1-8(7-13)2-4-9/h1-6H,(H,15,16). The van der Waals surface area contributed by atoms with Crippen molar-refractivity contribution in [2.24, 2.45) is 0 Å². The van der Waals surface area contributed by atoms with Crippen molar-refractivity contribution < 1.29 is 8.42 Å². The van der Waals surface area contributed by atoms with Gasteiger partial charge >= 0.3 is 0 Å². The molecule has 1 aromatic carbocycles. The fraction of sp³-hybridized carbons (Fsp3) is 0. The highest BCUT2D eigenvalue weighted by Crippen LogP contribution is 2.15. The van der Waals surface area contributed by atoms with E-state index in [4.69, 9.17) is 16.9 Å². The number of nitriles is 1. The molecular weight excluding hydrogens is 288 g/mol. The monoisotopic (exact) mass is 294 g/mol. The number of nitrogens with one attached hydrogen (secondary N) is 1. The van der Waals surface area contributed by atoms with Crippen LogP contribution in [0.5, 0.6) is 0 Å². The molecule has 0 saturated carbocycles. The van der Waals surface area contributed by atoms with E-state index < -0.39 is 10.0 Å². The molecule has 0 bridgehead atoms. The highest BCUT2D eigenvalue weighted by atomic mass is 35.5. The smallest absolute Gasteiger partial charge is 0.262 e. The average Bonchev–Trinajstić information content (AvgIpc) is 2.41. The van der Waals surface area contributed by atoms with Crippen LogP contribution in [0.3, 0.4) is 0 Å². The number of aromatic nitrogens is 2. The van der Waals surface area contributed by atoms with Crippen LogP contribution >= 0.6 is 11.6 Å². The molecule has 2 aromatic rings. The quantitative estimate of drug-likeness (QED) is 0.931. The minimum absolute atomic E-state index is 0.0308. The number of benzene rings is 1. The van der Waals surface area contributed by atoms with Gasteiger partial charge in [-0.2, -0.15) is 5.26 Å². The zero-order valence-electron chi connectivity index (χ0n) is 9.41. The second-order valence-corrected chi connectivity index (χ2v) is 5.55. The number of sulfonamides is 1. The van der Waals surface area contributed by atoms with Gasteiger partial charge in [0.25, 0.3) is 10.0 Å². The Labute approximate surface area is 114 Å². The van der Waals surface area contributed by atoms with Gasteiger partial charge in [-0.25, -0.2) is 8.42 Å². The van der Waals surface area contributed by atoms with Crippen LogP contribution < -0.4 is 4.72 Å². The zero-order valence-corrected chi connectivity index (χ0v) is 11.0. The molecule has 0 fully saturated rings. The molecule has 19 heavy (non-hydrogen) atoms. The van der Waals surface area contributed by atoms with Crippen molar-refractivity contribution in [3.05, 3.63) is 47.1 Å². The molecular formula is C11H7ClN4O2S. The maximum Gasteiger partial charge on any atom is 0.263 e. The number of hydrogen-bond acceptors (Lipinski definition) is 5. The zero-order chi connectivity index (χ0) is 13.9. The Kier molecular flexibility index (Phi) is 3.64. The largest absolute Gasteiger partial charge is 0.263 e. The van der Waals surface area contributed by atoms with Crippen LogP contribution in [-0.2, 0) is 10.0 Å². The van der Waals surface area contributed by atoms with Crippen molar-refractivity contribution in [3.63, 3.8) is 0 Å². The summed E-state index contributed by atoms with van der Waals surface area (Å²) in [6.45, 7) is 0. The van der Waals surface area contributed by atoms with E-state index in [0.717, 1.165) is 0 Å². The first-order valence-electron chi connectivity index (χ1n) is 5.03. The van der Waals surface area contributed by atoms with Crippen LogP contribution in [0, 0.1) is 11.3 Å². The van der Waals surface area contributed by atoms with E-state index in [1.165, 1.54) is 36.4 Å². The molecule has 0 aliphatic carbocycles. The molecule has 8 heteroatoms. The molecule has 0 saturated heterocycles. The molecule has 1 heterocycles. The van der Waals surface area contributed by atoms with Crippen LogP contribution in [0.15, 0.2) is 41.3 Å². The summed E-state index contributed by atoms with van der Waals surface area (Å²) in [7, 11) is -3.76. The van der Waals surface area contributed by atoms with Crippen LogP contribution in [0.2, 0.25) is 5.15 Å². The predicted molar refractivity (Wildman–Crippen MR) is 69.0 cm³/mol. The fourth-order valence-corrected chi connectivity index (χ4v) is 2.37. The maximum atomic E-state index is 12.0. The highest BCUT2D eigenvalue weighted by Gasteiger charge is 2.14. The van der Waals surface area contributed by atoms with E-state index in [0.29, 0.717) is 5.56 Å². The third-order valence-corrected chi connectivity index (χ3v) is 3.74. The third kappa shape index (κ3) is 3.19. The topological polar surface area (TPSA) is 95.7 Å². The summed E-state index contributed by atoms with van der Waals surface area (Å²) in [6.07, 6.45) is 0. The van der Waals surface area contributed by atoms with Gasteiger partial charge in [0.1, 0.15) is 0 Å². The number of hydrogen-bond donors (Lipinski definition) is 1. The highest BCUT2D eigenvalue weighted by molar-refractivity contribution is 7.92. The van der Waals surface area contributed by atoms with Gasteiger partial charge in [0.05, 0.1) is 16.5 Å². The predicted octanol–water partition coefficient (Wildman–Crippen LogP) is 1.80. The second-order valence-electron chi connectivity index (χ2n) is 3.48. The average molecular weight is 295 g/mol. The van der Waals surface area contributed by atoms with Crippen molar-refractivity contribution in [2.75, 3.05) is 4.72 Å². The molecule has 6 nitrogen and oxygen atoms in total. The lowest BCUT2D eigenvalue weighted by Gasteiger charge is -2.06. The minimum Gasteiger partial charge on any atom is -0.262 e. The summed E-state index contributed by atoms with van der Waals surface area (Å²) in [6, 6.07) is 10.2. The van der Waals surface area contributed by atoms with Gasteiger partial charge in [0, 0.05) is 0 Å². The number of halogens is 1. The third-order valence-electron chi connectivity index (χ3n) is 2.16. The molecule has 1 N–H and O–H groups in total. The Bertz CT molecular complexity index is 721. The van der Waals surface area contributed by atoms with Gasteiger partial charge in [0.15, 0.2) is 11.0 Å². The Morgan fingerprint density at radius 3 is 2.32 bits per heavy atom.